The third-order valence-electron chi connectivity index (χ3n) is 3.78. The minimum atomic E-state index is -3.61. The molecule has 0 unspecified atom stereocenters. The molecule has 2 aromatic carbocycles. The highest BCUT2D eigenvalue weighted by atomic mass is 79.9. The molecule has 0 radical (unpaired) electrons. The molecular weight excluding hydrogens is 416 g/mol. The maximum Gasteiger partial charge on any atom is 0.241 e. The van der Waals surface area contributed by atoms with E-state index in [4.69, 9.17) is 0 Å². The molecule has 2 rings (SSSR count). The Morgan fingerprint density at radius 3 is 2.23 bits per heavy atom. The number of hydrogen-bond acceptors (Lipinski definition) is 3. The number of amides is 1. The van der Waals surface area contributed by atoms with Gasteiger partial charge in [0.25, 0.3) is 0 Å². The molecule has 0 aliphatic rings. The Bertz CT molecular complexity index is 867. The quantitative estimate of drug-likeness (QED) is 0.720. The van der Waals surface area contributed by atoms with Crippen LogP contribution in [0.15, 0.2) is 59.1 Å². The molecule has 26 heavy (non-hydrogen) atoms. The highest BCUT2D eigenvalue weighted by molar-refractivity contribution is 9.10. The van der Waals surface area contributed by atoms with Crippen molar-refractivity contribution >= 4 is 37.5 Å². The Morgan fingerprint density at radius 1 is 1.08 bits per heavy atom. The number of rotatable bonds is 7. The lowest BCUT2D eigenvalue weighted by molar-refractivity contribution is -0.121. The van der Waals surface area contributed by atoms with Crippen LogP contribution in [-0.4, -0.2) is 32.7 Å². The summed E-state index contributed by atoms with van der Waals surface area (Å²) in [6.45, 7) is 3.56. The predicted molar refractivity (Wildman–Crippen MR) is 109 cm³/mol. The normalized spacial score (nSPS) is 11.8. The van der Waals surface area contributed by atoms with Crippen molar-refractivity contribution in [2.24, 2.45) is 0 Å². The molecule has 1 amide bonds. The smallest absolute Gasteiger partial charge is 0.241 e. The van der Waals surface area contributed by atoms with Crippen LogP contribution in [0.3, 0.4) is 0 Å². The van der Waals surface area contributed by atoms with Crippen LogP contribution in [0, 0.1) is 0 Å². The van der Waals surface area contributed by atoms with Gasteiger partial charge in [-0.1, -0.05) is 42.5 Å². The zero-order valence-corrected chi connectivity index (χ0v) is 17.5. The van der Waals surface area contributed by atoms with Crippen molar-refractivity contribution in [2.45, 2.75) is 25.8 Å². The van der Waals surface area contributed by atoms with Crippen molar-refractivity contribution in [2.75, 3.05) is 17.1 Å². The van der Waals surface area contributed by atoms with Gasteiger partial charge in [0.2, 0.25) is 15.9 Å². The molecule has 0 atom stereocenters. The zero-order valence-electron chi connectivity index (χ0n) is 15.1. The molecule has 0 aromatic heterocycles. The van der Waals surface area contributed by atoms with Crippen LogP contribution in [0.4, 0.5) is 5.69 Å². The number of anilines is 1. The number of benzene rings is 2. The number of halogens is 1. The van der Waals surface area contributed by atoms with Crippen LogP contribution < -0.4 is 9.62 Å². The lowest BCUT2D eigenvalue weighted by Gasteiger charge is -2.29. The fourth-order valence-electron chi connectivity index (χ4n) is 2.73. The molecule has 140 valence electrons. The van der Waals surface area contributed by atoms with Gasteiger partial charge in [-0.3, -0.25) is 9.10 Å². The van der Waals surface area contributed by atoms with Gasteiger partial charge in [0.05, 0.1) is 11.9 Å². The van der Waals surface area contributed by atoms with Gasteiger partial charge in [0.1, 0.15) is 6.54 Å². The van der Waals surface area contributed by atoms with Crippen LogP contribution >= 0.6 is 15.9 Å². The maximum absolute atomic E-state index is 12.6. The molecule has 5 nitrogen and oxygen atoms in total. The van der Waals surface area contributed by atoms with Crippen LogP contribution in [0.1, 0.15) is 19.4 Å². The predicted octanol–water partition coefficient (Wildman–Crippen LogP) is 3.35. The summed E-state index contributed by atoms with van der Waals surface area (Å²) in [5, 5.41) is 2.94. The highest BCUT2D eigenvalue weighted by Gasteiger charge is 2.26. The maximum atomic E-state index is 12.6. The molecule has 0 bridgehead atoms. The van der Waals surface area contributed by atoms with Gasteiger partial charge in [-0.05, 0) is 53.9 Å². The molecule has 0 aliphatic heterocycles. The topological polar surface area (TPSA) is 66.5 Å². The third-order valence-corrected chi connectivity index (χ3v) is 5.57. The lowest BCUT2D eigenvalue weighted by Crippen LogP contribution is -2.50. The first kappa shape index (κ1) is 20.5. The minimum absolute atomic E-state index is 0.278. The van der Waals surface area contributed by atoms with E-state index < -0.39 is 15.6 Å². The first-order chi connectivity index (χ1) is 12.1. The fourth-order valence-corrected chi connectivity index (χ4v) is 4.22. The van der Waals surface area contributed by atoms with Crippen molar-refractivity contribution in [1.82, 2.24) is 5.32 Å². The van der Waals surface area contributed by atoms with E-state index in [1.807, 2.05) is 44.2 Å². The largest absolute Gasteiger partial charge is 0.349 e. The van der Waals surface area contributed by atoms with E-state index in [0.29, 0.717) is 16.6 Å². The van der Waals surface area contributed by atoms with Crippen LogP contribution in [-0.2, 0) is 21.2 Å². The average molecular weight is 439 g/mol. The van der Waals surface area contributed by atoms with E-state index in [0.717, 1.165) is 16.1 Å². The fraction of sp³-hybridized carbons (Fsp3) is 0.316. The second kappa shape index (κ2) is 8.22. The number of nitrogens with zero attached hydrogens (tertiary/aromatic N) is 1. The molecule has 2 aromatic rings. The van der Waals surface area contributed by atoms with Crippen molar-refractivity contribution in [3.05, 3.63) is 64.6 Å². The first-order valence-corrected chi connectivity index (χ1v) is 10.8. The van der Waals surface area contributed by atoms with E-state index >= 15 is 0 Å². The summed E-state index contributed by atoms with van der Waals surface area (Å²) in [6, 6.07) is 16.8. The Kier molecular flexibility index (Phi) is 6.47. The van der Waals surface area contributed by atoms with Crippen molar-refractivity contribution < 1.29 is 13.2 Å². The van der Waals surface area contributed by atoms with Crippen LogP contribution in [0.2, 0.25) is 0 Å². The third kappa shape index (κ3) is 5.85. The van der Waals surface area contributed by atoms with E-state index in [1.165, 1.54) is 0 Å². The summed E-state index contributed by atoms with van der Waals surface area (Å²) in [5.41, 5.74) is 1.03. The molecule has 0 saturated carbocycles. The van der Waals surface area contributed by atoms with Crippen LogP contribution in [0.25, 0.3) is 0 Å². The van der Waals surface area contributed by atoms with E-state index in [2.05, 4.69) is 21.2 Å². The van der Waals surface area contributed by atoms with E-state index in [-0.39, 0.29) is 12.5 Å². The van der Waals surface area contributed by atoms with Gasteiger partial charge >= 0.3 is 0 Å². The Labute approximate surface area is 163 Å². The molecule has 0 fully saturated rings. The molecule has 0 aliphatic carbocycles. The van der Waals surface area contributed by atoms with Gasteiger partial charge in [-0.2, -0.15) is 0 Å². The number of carbonyl (C=O) groups excluding carboxylic acids is 1. The standard InChI is InChI=1S/C19H23BrN2O3S/c1-19(2,13-15-9-5-4-6-10-15)21-18(23)14-22(26(3,24)25)17-12-8-7-11-16(17)20/h4-12H,13-14H2,1-3H3,(H,21,23). The highest BCUT2D eigenvalue weighted by Crippen LogP contribution is 2.27. The molecule has 0 heterocycles. The summed E-state index contributed by atoms with van der Waals surface area (Å²) in [7, 11) is -3.61. The van der Waals surface area contributed by atoms with Gasteiger partial charge in [0.15, 0.2) is 0 Å². The van der Waals surface area contributed by atoms with Crippen molar-refractivity contribution in [3.8, 4) is 0 Å². The number of nitrogens with one attached hydrogen (secondary N) is 1. The number of sulfonamides is 1. The van der Waals surface area contributed by atoms with E-state index in [1.54, 1.807) is 24.3 Å². The first-order valence-electron chi connectivity index (χ1n) is 8.16. The van der Waals surface area contributed by atoms with E-state index in [9.17, 15) is 13.2 Å². The SMILES string of the molecule is CC(C)(Cc1ccccc1)NC(=O)CN(c1ccccc1Br)S(C)(=O)=O. The van der Waals surface area contributed by atoms with Gasteiger partial charge in [0, 0.05) is 10.0 Å². The number of hydrogen-bond donors (Lipinski definition) is 1. The Morgan fingerprint density at radius 2 is 1.65 bits per heavy atom. The lowest BCUT2D eigenvalue weighted by atomic mass is 9.95. The average Bonchev–Trinajstić information content (AvgIpc) is 2.52. The minimum Gasteiger partial charge on any atom is -0.349 e. The summed E-state index contributed by atoms with van der Waals surface area (Å²) < 4.78 is 26.1. The second-order valence-electron chi connectivity index (χ2n) is 6.82. The van der Waals surface area contributed by atoms with Gasteiger partial charge < -0.3 is 5.32 Å². The number of para-hydroxylation sites is 1. The monoisotopic (exact) mass is 438 g/mol. The molecule has 0 spiro atoms. The number of carbonyl (C=O) groups is 1. The zero-order chi connectivity index (χ0) is 19.4. The Hall–Kier alpha value is -1.86. The molecular formula is C19H23BrN2O3S. The second-order valence-corrected chi connectivity index (χ2v) is 9.58. The van der Waals surface area contributed by atoms with Crippen molar-refractivity contribution in [1.29, 1.82) is 0 Å². The molecule has 0 saturated heterocycles. The summed E-state index contributed by atoms with van der Waals surface area (Å²) in [5.74, 6) is -0.355. The van der Waals surface area contributed by atoms with Crippen LogP contribution in [0.5, 0.6) is 0 Å². The summed E-state index contributed by atoms with van der Waals surface area (Å²) in [6.07, 6.45) is 1.74. The molecule has 1 N–H and O–H groups in total. The van der Waals surface area contributed by atoms with Crippen molar-refractivity contribution in [3.63, 3.8) is 0 Å². The summed E-state index contributed by atoms with van der Waals surface area (Å²) in [4.78, 5) is 12.6. The molecule has 7 heteroatoms. The van der Waals surface area contributed by atoms with Gasteiger partial charge in [-0.25, -0.2) is 8.42 Å². The van der Waals surface area contributed by atoms with Gasteiger partial charge in [-0.15, -0.1) is 0 Å². The Balaban J connectivity index is 2.14. The summed E-state index contributed by atoms with van der Waals surface area (Å²) >= 11 is 3.35.